The van der Waals surface area contributed by atoms with Gasteiger partial charge >= 0.3 is 0 Å². The first-order valence-electron chi connectivity index (χ1n) is 6.73. The number of hydrogen-bond donors (Lipinski definition) is 1. The van der Waals surface area contributed by atoms with Crippen molar-refractivity contribution in [1.82, 2.24) is 4.57 Å². The van der Waals surface area contributed by atoms with Crippen molar-refractivity contribution in [1.29, 1.82) is 0 Å². The van der Waals surface area contributed by atoms with Crippen molar-refractivity contribution < 1.29 is 5.11 Å². The van der Waals surface area contributed by atoms with Crippen LogP contribution in [0.3, 0.4) is 0 Å². The Bertz CT molecular complexity index is 515. The van der Waals surface area contributed by atoms with E-state index >= 15 is 0 Å². The van der Waals surface area contributed by atoms with Gasteiger partial charge in [0.1, 0.15) is 0 Å². The fraction of sp³-hybridized carbons (Fsp3) is 0.375. The Hall–Kier alpha value is -1.54. The summed E-state index contributed by atoms with van der Waals surface area (Å²) in [7, 11) is 0. The van der Waals surface area contributed by atoms with Gasteiger partial charge in [0.2, 0.25) is 0 Å². The highest BCUT2D eigenvalue weighted by atomic mass is 16.3. The minimum absolute atomic E-state index is 0.264. The number of aliphatic hydroxyl groups excluding tert-OH is 1. The van der Waals surface area contributed by atoms with Gasteiger partial charge in [0.25, 0.3) is 0 Å². The van der Waals surface area contributed by atoms with Gasteiger partial charge in [-0.15, -0.1) is 0 Å². The van der Waals surface area contributed by atoms with Gasteiger partial charge in [-0.25, -0.2) is 0 Å². The van der Waals surface area contributed by atoms with Crippen LogP contribution in [0.4, 0.5) is 0 Å². The van der Waals surface area contributed by atoms with Crippen molar-refractivity contribution >= 4 is 0 Å². The lowest BCUT2D eigenvalue weighted by Crippen LogP contribution is -1.98. The Kier molecular flexibility index (Phi) is 3.20. The topological polar surface area (TPSA) is 25.2 Å². The zero-order valence-corrected chi connectivity index (χ0v) is 10.5. The lowest BCUT2D eigenvalue weighted by molar-refractivity contribution is 0.166. The number of benzene rings is 1. The van der Waals surface area contributed by atoms with Crippen LogP contribution in [0.25, 0.3) is 0 Å². The van der Waals surface area contributed by atoms with Crippen LogP contribution in [0.2, 0.25) is 0 Å². The SMILES string of the molecule is OC1CCCCc2cn(Cc3ccccc3)cc21. The zero-order chi connectivity index (χ0) is 12.4. The molecule has 2 nitrogen and oxygen atoms in total. The van der Waals surface area contributed by atoms with Crippen LogP contribution in [0.1, 0.15) is 42.1 Å². The fourth-order valence-electron chi connectivity index (χ4n) is 2.78. The second-order valence-corrected chi connectivity index (χ2v) is 5.16. The molecule has 2 heteroatoms. The number of hydrogen-bond acceptors (Lipinski definition) is 1. The summed E-state index contributed by atoms with van der Waals surface area (Å²) >= 11 is 0. The highest BCUT2D eigenvalue weighted by Gasteiger charge is 2.18. The van der Waals surface area contributed by atoms with Crippen LogP contribution in [0.15, 0.2) is 42.7 Å². The smallest absolute Gasteiger partial charge is 0.0807 e. The Morgan fingerprint density at radius 1 is 1.11 bits per heavy atom. The molecule has 0 fully saturated rings. The minimum Gasteiger partial charge on any atom is -0.388 e. The molecule has 1 aliphatic rings. The summed E-state index contributed by atoms with van der Waals surface area (Å²) in [6.45, 7) is 0.889. The van der Waals surface area contributed by atoms with E-state index in [-0.39, 0.29) is 6.10 Å². The Labute approximate surface area is 108 Å². The monoisotopic (exact) mass is 241 g/mol. The maximum Gasteiger partial charge on any atom is 0.0807 e. The fourth-order valence-corrected chi connectivity index (χ4v) is 2.78. The number of rotatable bonds is 2. The zero-order valence-electron chi connectivity index (χ0n) is 10.5. The van der Waals surface area contributed by atoms with Crippen LogP contribution in [0, 0.1) is 0 Å². The van der Waals surface area contributed by atoms with E-state index in [1.54, 1.807) is 0 Å². The Morgan fingerprint density at radius 2 is 1.94 bits per heavy atom. The molecule has 94 valence electrons. The van der Waals surface area contributed by atoms with E-state index in [1.807, 2.05) is 6.07 Å². The maximum atomic E-state index is 10.1. The third-order valence-electron chi connectivity index (χ3n) is 3.74. The lowest BCUT2D eigenvalue weighted by Gasteiger charge is -2.06. The lowest BCUT2D eigenvalue weighted by atomic mass is 10.1. The van der Waals surface area contributed by atoms with E-state index in [1.165, 1.54) is 17.5 Å². The molecule has 1 N–H and O–H groups in total. The van der Waals surface area contributed by atoms with E-state index in [2.05, 4.69) is 41.2 Å². The molecule has 0 bridgehead atoms. The van der Waals surface area contributed by atoms with Crippen molar-refractivity contribution in [3.8, 4) is 0 Å². The molecular weight excluding hydrogens is 222 g/mol. The average molecular weight is 241 g/mol. The molecule has 1 aromatic heterocycles. The van der Waals surface area contributed by atoms with Gasteiger partial charge in [-0.1, -0.05) is 36.8 Å². The third-order valence-corrected chi connectivity index (χ3v) is 3.74. The summed E-state index contributed by atoms with van der Waals surface area (Å²) in [6.07, 6.45) is 8.40. The average Bonchev–Trinajstić information content (AvgIpc) is 2.71. The molecular formula is C16H19NO. The molecule has 2 aromatic rings. The van der Waals surface area contributed by atoms with E-state index in [0.29, 0.717) is 0 Å². The molecule has 0 aliphatic heterocycles. The first-order valence-corrected chi connectivity index (χ1v) is 6.73. The number of fused-ring (bicyclic) bond motifs is 1. The maximum absolute atomic E-state index is 10.1. The Morgan fingerprint density at radius 3 is 2.78 bits per heavy atom. The molecule has 3 rings (SSSR count). The van der Waals surface area contributed by atoms with Gasteiger partial charge in [-0.2, -0.15) is 0 Å². The highest BCUT2D eigenvalue weighted by molar-refractivity contribution is 5.29. The minimum atomic E-state index is -0.264. The summed E-state index contributed by atoms with van der Waals surface area (Å²) in [5.74, 6) is 0. The number of aromatic nitrogens is 1. The van der Waals surface area contributed by atoms with Gasteiger partial charge in [-0.05, 0) is 30.4 Å². The quantitative estimate of drug-likeness (QED) is 0.802. The molecule has 18 heavy (non-hydrogen) atoms. The summed E-state index contributed by atoms with van der Waals surface area (Å²) in [5.41, 5.74) is 3.77. The third kappa shape index (κ3) is 2.34. The van der Waals surface area contributed by atoms with E-state index in [0.717, 1.165) is 31.4 Å². The van der Waals surface area contributed by atoms with Crippen LogP contribution < -0.4 is 0 Å². The molecule has 1 atom stereocenters. The first kappa shape index (κ1) is 11.5. The molecule has 0 radical (unpaired) electrons. The van der Waals surface area contributed by atoms with Crippen molar-refractivity contribution in [3.05, 3.63) is 59.4 Å². The molecule has 1 aliphatic carbocycles. The van der Waals surface area contributed by atoms with Crippen LogP contribution in [-0.4, -0.2) is 9.67 Å². The van der Waals surface area contributed by atoms with E-state index in [9.17, 15) is 5.11 Å². The number of nitrogens with zero attached hydrogens (tertiary/aromatic N) is 1. The van der Waals surface area contributed by atoms with Crippen molar-refractivity contribution in [3.63, 3.8) is 0 Å². The molecule has 1 aromatic carbocycles. The first-order chi connectivity index (χ1) is 8.83. The molecule has 1 unspecified atom stereocenters. The molecule has 1 heterocycles. The largest absolute Gasteiger partial charge is 0.388 e. The molecule has 0 spiro atoms. The van der Waals surface area contributed by atoms with E-state index < -0.39 is 0 Å². The number of aryl methyl sites for hydroxylation is 1. The Balaban J connectivity index is 1.85. The van der Waals surface area contributed by atoms with Gasteiger partial charge in [0, 0.05) is 24.5 Å². The second-order valence-electron chi connectivity index (χ2n) is 5.16. The summed E-state index contributed by atoms with van der Waals surface area (Å²) in [6, 6.07) is 10.5. The van der Waals surface area contributed by atoms with Crippen LogP contribution >= 0.6 is 0 Å². The summed E-state index contributed by atoms with van der Waals surface area (Å²) in [5, 5.41) is 10.1. The van der Waals surface area contributed by atoms with Gasteiger partial charge in [0.05, 0.1) is 6.10 Å². The number of aliphatic hydroxyl groups is 1. The molecule has 0 saturated heterocycles. The highest BCUT2D eigenvalue weighted by Crippen LogP contribution is 2.29. The van der Waals surface area contributed by atoms with Crippen molar-refractivity contribution in [2.75, 3.05) is 0 Å². The summed E-state index contributed by atoms with van der Waals surface area (Å²) in [4.78, 5) is 0. The molecule has 0 saturated carbocycles. The van der Waals surface area contributed by atoms with Crippen LogP contribution in [-0.2, 0) is 13.0 Å². The van der Waals surface area contributed by atoms with E-state index in [4.69, 9.17) is 0 Å². The normalized spacial score (nSPS) is 19.3. The second kappa shape index (κ2) is 4.99. The van der Waals surface area contributed by atoms with Crippen LogP contribution in [0.5, 0.6) is 0 Å². The van der Waals surface area contributed by atoms with Gasteiger partial charge in [-0.3, -0.25) is 0 Å². The molecule has 0 amide bonds. The van der Waals surface area contributed by atoms with Crippen molar-refractivity contribution in [2.24, 2.45) is 0 Å². The van der Waals surface area contributed by atoms with Crippen molar-refractivity contribution in [2.45, 2.75) is 38.3 Å². The predicted molar refractivity (Wildman–Crippen MR) is 72.5 cm³/mol. The predicted octanol–water partition coefficient (Wildman–Crippen LogP) is 3.30. The van der Waals surface area contributed by atoms with Gasteiger partial charge < -0.3 is 9.67 Å². The standard InChI is InChI=1S/C16H19NO/c18-16-9-5-4-8-14-11-17(12-15(14)16)10-13-6-2-1-3-7-13/h1-3,6-7,11-12,16,18H,4-5,8-10H2. The summed E-state index contributed by atoms with van der Waals surface area (Å²) < 4.78 is 2.20. The van der Waals surface area contributed by atoms with Gasteiger partial charge in [0.15, 0.2) is 0 Å².